The standard InChI is InChI=1S/C18H21ClN2O2/c1-12-7-8-17(23-3)16(9-12)21-18(22)11-20-13(2)14-5-4-6-15(19)10-14/h4-10,13,20H,11H2,1-3H3,(H,21,22)/p+1/t13-/m0/s1. The third-order valence-corrected chi connectivity index (χ3v) is 3.90. The molecule has 122 valence electrons. The van der Waals surface area contributed by atoms with Crippen LogP contribution in [-0.4, -0.2) is 19.6 Å². The minimum absolute atomic E-state index is 0.0669. The van der Waals surface area contributed by atoms with Crippen LogP contribution < -0.4 is 15.4 Å². The molecule has 0 heterocycles. The molecule has 3 N–H and O–H groups in total. The van der Waals surface area contributed by atoms with E-state index >= 15 is 0 Å². The van der Waals surface area contributed by atoms with Gasteiger partial charge in [-0.25, -0.2) is 0 Å². The van der Waals surface area contributed by atoms with Crippen LogP contribution in [0.25, 0.3) is 0 Å². The van der Waals surface area contributed by atoms with Crippen LogP contribution in [0.1, 0.15) is 24.1 Å². The summed E-state index contributed by atoms with van der Waals surface area (Å²) in [6, 6.07) is 13.5. The maximum Gasteiger partial charge on any atom is 0.279 e. The zero-order valence-electron chi connectivity index (χ0n) is 13.6. The number of nitrogens with one attached hydrogen (secondary N) is 1. The normalized spacial score (nSPS) is 11.8. The molecule has 0 saturated carbocycles. The lowest BCUT2D eigenvalue weighted by atomic mass is 10.1. The van der Waals surface area contributed by atoms with E-state index in [1.807, 2.05) is 61.6 Å². The second-order valence-electron chi connectivity index (χ2n) is 5.54. The molecule has 0 aromatic heterocycles. The maximum atomic E-state index is 12.2. The second-order valence-corrected chi connectivity index (χ2v) is 5.97. The molecule has 0 saturated heterocycles. The molecule has 1 amide bonds. The number of hydrogen-bond acceptors (Lipinski definition) is 2. The molecule has 0 aliphatic heterocycles. The van der Waals surface area contributed by atoms with Gasteiger partial charge in [-0.3, -0.25) is 4.79 Å². The van der Waals surface area contributed by atoms with E-state index in [1.54, 1.807) is 7.11 Å². The van der Waals surface area contributed by atoms with E-state index in [0.29, 0.717) is 23.0 Å². The van der Waals surface area contributed by atoms with Crippen molar-refractivity contribution < 1.29 is 14.8 Å². The number of ether oxygens (including phenoxy) is 1. The molecule has 0 fully saturated rings. The van der Waals surface area contributed by atoms with Crippen LogP contribution in [0.15, 0.2) is 42.5 Å². The summed E-state index contributed by atoms with van der Waals surface area (Å²) in [6.07, 6.45) is 0. The van der Waals surface area contributed by atoms with Gasteiger partial charge in [-0.2, -0.15) is 0 Å². The molecule has 5 heteroatoms. The summed E-state index contributed by atoms with van der Waals surface area (Å²) in [5.41, 5.74) is 2.86. The van der Waals surface area contributed by atoms with Gasteiger partial charge in [0.15, 0.2) is 6.54 Å². The van der Waals surface area contributed by atoms with Gasteiger partial charge in [0.25, 0.3) is 5.91 Å². The number of aryl methyl sites for hydroxylation is 1. The van der Waals surface area contributed by atoms with Crippen molar-refractivity contribution in [1.29, 1.82) is 0 Å². The average Bonchev–Trinajstić information content (AvgIpc) is 2.53. The molecule has 0 radical (unpaired) electrons. The topological polar surface area (TPSA) is 54.9 Å². The predicted octanol–water partition coefficient (Wildman–Crippen LogP) is 2.92. The summed E-state index contributed by atoms with van der Waals surface area (Å²) in [6.45, 7) is 4.35. The number of methoxy groups -OCH3 is 1. The van der Waals surface area contributed by atoms with Gasteiger partial charge in [-0.1, -0.05) is 29.8 Å². The fourth-order valence-electron chi connectivity index (χ4n) is 2.33. The summed E-state index contributed by atoms with van der Waals surface area (Å²) in [5.74, 6) is 0.592. The lowest BCUT2D eigenvalue weighted by Gasteiger charge is -2.13. The Labute approximate surface area is 141 Å². The Morgan fingerprint density at radius 1 is 1.30 bits per heavy atom. The van der Waals surface area contributed by atoms with Gasteiger partial charge >= 0.3 is 0 Å². The summed E-state index contributed by atoms with van der Waals surface area (Å²) in [7, 11) is 1.59. The van der Waals surface area contributed by atoms with Crippen LogP contribution >= 0.6 is 11.6 Å². The van der Waals surface area contributed by atoms with Crippen molar-refractivity contribution in [3.8, 4) is 5.75 Å². The zero-order chi connectivity index (χ0) is 16.8. The van der Waals surface area contributed by atoms with E-state index in [1.165, 1.54) is 0 Å². The van der Waals surface area contributed by atoms with Crippen molar-refractivity contribution in [2.75, 3.05) is 19.0 Å². The molecule has 0 unspecified atom stereocenters. The predicted molar refractivity (Wildman–Crippen MR) is 93.0 cm³/mol. The fourth-order valence-corrected chi connectivity index (χ4v) is 2.53. The Kier molecular flexibility index (Phi) is 6.02. The third-order valence-electron chi connectivity index (χ3n) is 3.66. The number of hydrogen-bond donors (Lipinski definition) is 2. The highest BCUT2D eigenvalue weighted by Gasteiger charge is 2.13. The fraction of sp³-hybridized carbons (Fsp3) is 0.278. The van der Waals surface area contributed by atoms with Gasteiger partial charge < -0.3 is 15.4 Å². The monoisotopic (exact) mass is 333 g/mol. The van der Waals surface area contributed by atoms with Gasteiger partial charge in [-0.15, -0.1) is 0 Å². The number of carbonyl (C=O) groups excluding carboxylic acids is 1. The molecular weight excluding hydrogens is 312 g/mol. The molecule has 2 aromatic carbocycles. The molecule has 2 rings (SSSR count). The highest BCUT2D eigenvalue weighted by atomic mass is 35.5. The third kappa shape index (κ3) is 4.98. The number of carbonyl (C=O) groups is 1. The Bertz CT molecular complexity index is 688. The number of nitrogens with two attached hydrogens (primary N) is 1. The van der Waals surface area contributed by atoms with Crippen molar-refractivity contribution in [3.63, 3.8) is 0 Å². The lowest BCUT2D eigenvalue weighted by Crippen LogP contribution is -2.86. The van der Waals surface area contributed by atoms with E-state index in [4.69, 9.17) is 16.3 Å². The average molecular weight is 334 g/mol. The smallest absolute Gasteiger partial charge is 0.279 e. The van der Waals surface area contributed by atoms with Gasteiger partial charge in [0, 0.05) is 10.6 Å². The quantitative estimate of drug-likeness (QED) is 0.854. The van der Waals surface area contributed by atoms with E-state index in [-0.39, 0.29) is 11.9 Å². The lowest BCUT2D eigenvalue weighted by molar-refractivity contribution is -0.682. The Balaban J connectivity index is 1.94. The maximum absolute atomic E-state index is 12.2. The van der Waals surface area contributed by atoms with Gasteiger partial charge in [0.05, 0.1) is 12.8 Å². The second kappa shape index (κ2) is 7.99. The first-order chi connectivity index (χ1) is 11.0. The SMILES string of the molecule is COc1ccc(C)cc1NC(=O)C[NH2+][C@@H](C)c1cccc(Cl)c1. The molecule has 0 spiro atoms. The van der Waals surface area contributed by atoms with Crippen molar-refractivity contribution in [3.05, 3.63) is 58.6 Å². The first kappa shape index (κ1) is 17.3. The number of amides is 1. The van der Waals surface area contributed by atoms with E-state index in [2.05, 4.69) is 5.32 Å². The van der Waals surface area contributed by atoms with Gasteiger partial charge in [0.1, 0.15) is 11.8 Å². The Morgan fingerprint density at radius 2 is 2.09 bits per heavy atom. The van der Waals surface area contributed by atoms with Gasteiger partial charge in [0.2, 0.25) is 0 Å². The molecule has 4 nitrogen and oxygen atoms in total. The van der Waals surface area contributed by atoms with E-state index < -0.39 is 0 Å². The summed E-state index contributed by atoms with van der Waals surface area (Å²) in [5, 5.41) is 5.58. The number of anilines is 1. The number of rotatable bonds is 6. The highest BCUT2D eigenvalue weighted by molar-refractivity contribution is 6.30. The molecule has 2 aromatic rings. The summed E-state index contributed by atoms with van der Waals surface area (Å²) in [4.78, 5) is 12.2. The number of quaternary nitrogens is 1. The highest BCUT2D eigenvalue weighted by Crippen LogP contribution is 2.24. The van der Waals surface area contributed by atoms with Crippen LogP contribution in [0.2, 0.25) is 5.02 Å². The van der Waals surface area contributed by atoms with Crippen molar-refractivity contribution >= 4 is 23.2 Å². The van der Waals surface area contributed by atoms with Crippen LogP contribution in [0.4, 0.5) is 5.69 Å². The summed E-state index contributed by atoms with van der Waals surface area (Å²) >= 11 is 6.00. The number of benzene rings is 2. The van der Waals surface area contributed by atoms with Crippen LogP contribution in [-0.2, 0) is 4.79 Å². The molecule has 23 heavy (non-hydrogen) atoms. The Hall–Kier alpha value is -2.04. The Morgan fingerprint density at radius 3 is 2.78 bits per heavy atom. The van der Waals surface area contributed by atoms with Crippen LogP contribution in [0, 0.1) is 6.92 Å². The summed E-state index contributed by atoms with van der Waals surface area (Å²) < 4.78 is 5.27. The first-order valence-corrected chi connectivity index (χ1v) is 7.90. The molecule has 1 atom stereocenters. The first-order valence-electron chi connectivity index (χ1n) is 7.53. The van der Waals surface area contributed by atoms with E-state index in [0.717, 1.165) is 11.1 Å². The van der Waals surface area contributed by atoms with Crippen molar-refractivity contribution in [2.45, 2.75) is 19.9 Å². The van der Waals surface area contributed by atoms with Crippen molar-refractivity contribution in [1.82, 2.24) is 0 Å². The minimum Gasteiger partial charge on any atom is -0.495 e. The van der Waals surface area contributed by atoms with Crippen LogP contribution in [0.3, 0.4) is 0 Å². The molecule has 0 aliphatic carbocycles. The molecule has 0 bridgehead atoms. The van der Waals surface area contributed by atoms with Gasteiger partial charge in [-0.05, 0) is 43.7 Å². The largest absolute Gasteiger partial charge is 0.495 e. The van der Waals surface area contributed by atoms with Crippen molar-refractivity contribution in [2.24, 2.45) is 0 Å². The van der Waals surface area contributed by atoms with Crippen LogP contribution in [0.5, 0.6) is 5.75 Å². The minimum atomic E-state index is -0.0669. The zero-order valence-corrected chi connectivity index (χ0v) is 14.4. The number of halogens is 1. The molecule has 0 aliphatic rings. The molecular formula is C18H22ClN2O2+. The van der Waals surface area contributed by atoms with E-state index in [9.17, 15) is 4.79 Å².